The lowest BCUT2D eigenvalue weighted by Gasteiger charge is -2.32. The van der Waals surface area contributed by atoms with Crippen LogP contribution in [0.1, 0.15) is 49.5 Å². The average molecular weight is 248 g/mol. The Labute approximate surface area is 107 Å². The number of nitrogens with zero attached hydrogens (tertiary/aromatic N) is 1. The molecule has 1 aliphatic carbocycles. The van der Waals surface area contributed by atoms with Gasteiger partial charge in [0.05, 0.1) is 6.26 Å². The Morgan fingerprint density at radius 3 is 2.78 bits per heavy atom. The molecule has 2 N–H and O–H groups in total. The highest BCUT2D eigenvalue weighted by molar-refractivity contribution is 5.78. The maximum absolute atomic E-state index is 12.3. The second-order valence-corrected chi connectivity index (χ2v) is 5.50. The standard InChI is InChI=1S/C14H20N2O2/c1-9-7-8-18-14(9)13-11(15)3-2-4-12(17)16(13)10-5-6-10/h7-8,10-11,13H,2-6,15H2,1H3. The molecule has 2 aliphatic rings. The van der Waals surface area contributed by atoms with Crippen molar-refractivity contribution in [1.29, 1.82) is 0 Å². The number of carbonyl (C=O) groups is 1. The predicted octanol–water partition coefficient (Wildman–Crippen LogP) is 2.13. The van der Waals surface area contributed by atoms with E-state index < -0.39 is 0 Å². The molecular formula is C14H20N2O2. The number of hydrogen-bond donors (Lipinski definition) is 1. The fourth-order valence-corrected chi connectivity index (χ4v) is 2.93. The molecule has 0 aromatic carbocycles. The largest absolute Gasteiger partial charge is 0.467 e. The first kappa shape index (κ1) is 11.8. The SMILES string of the molecule is Cc1ccoc1C1C(N)CCCC(=O)N1C1CC1. The van der Waals surface area contributed by atoms with Gasteiger partial charge in [0.15, 0.2) is 0 Å². The molecule has 0 bridgehead atoms. The number of aryl methyl sites for hydroxylation is 1. The summed E-state index contributed by atoms with van der Waals surface area (Å²) in [6, 6.07) is 2.25. The Morgan fingerprint density at radius 1 is 1.39 bits per heavy atom. The molecule has 2 unspecified atom stereocenters. The van der Waals surface area contributed by atoms with Crippen molar-refractivity contribution in [3.8, 4) is 0 Å². The summed E-state index contributed by atoms with van der Waals surface area (Å²) in [4.78, 5) is 14.3. The summed E-state index contributed by atoms with van der Waals surface area (Å²) in [5.74, 6) is 1.12. The monoisotopic (exact) mass is 248 g/mol. The van der Waals surface area contributed by atoms with E-state index in [1.54, 1.807) is 6.26 Å². The number of amides is 1. The summed E-state index contributed by atoms with van der Waals surface area (Å²) in [7, 11) is 0. The molecular weight excluding hydrogens is 228 g/mol. The summed E-state index contributed by atoms with van der Waals surface area (Å²) in [6.07, 6.45) is 6.31. The van der Waals surface area contributed by atoms with Gasteiger partial charge in [-0.05, 0) is 44.2 Å². The number of hydrogen-bond acceptors (Lipinski definition) is 3. The molecule has 1 aromatic rings. The molecule has 18 heavy (non-hydrogen) atoms. The lowest BCUT2D eigenvalue weighted by molar-refractivity contribution is -0.134. The quantitative estimate of drug-likeness (QED) is 0.872. The summed E-state index contributed by atoms with van der Waals surface area (Å²) in [5, 5.41) is 0. The van der Waals surface area contributed by atoms with E-state index in [1.165, 1.54) is 0 Å². The van der Waals surface area contributed by atoms with Gasteiger partial charge in [0.25, 0.3) is 0 Å². The van der Waals surface area contributed by atoms with Gasteiger partial charge in [0.1, 0.15) is 11.8 Å². The van der Waals surface area contributed by atoms with Crippen molar-refractivity contribution in [2.24, 2.45) is 5.73 Å². The Morgan fingerprint density at radius 2 is 2.17 bits per heavy atom. The highest BCUT2D eigenvalue weighted by atomic mass is 16.3. The number of rotatable bonds is 2. The Hall–Kier alpha value is -1.29. The minimum atomic E-state index is -0.0671. The fraction of sp³-hybridized carbons (Fsp3) is 0.643. The zero-order valence-corrected chi connectivity index (χ0v) is 10.8. The van der Waals surface area contributed by atoms with Crippen LogP contribution < -0.4 is 5.73 Å². The van der Waals surface area contributed by atoms with Crippen molar-refractivity contribution in [3.63, 3.8) is 0 Å². The zero-order chi connectivity index (χ0) is 12.7. The number of furan rings is 1. The summed E-state index contributed by atoms with van der Waals surface area (Å²) in [6.45, 7) is 2.02. The number of nitrogens with two attached hydrogens (primary N) is 1. The molecule has 0 spiro atoms. The smallest absolute Gasteiger partial charge is 0.223 e. The Balaban J connectivity index is 1.99. The van der Waals surface area contributed by atoms with Gasteiger partial charge in [-0.25, -0.2) is 0 Å². The lowest BCUT2D eigenvalue weighted by Crippen LogP contribution is -2.43. The van der Waals surface area contributed by atoms with Gasteiger partial charge in [-0.2, -0.15) is 0 Å². The van der Waals surface area contributed by atoms with Crippen molar-refractivity contribution in [2.45, 2.75) is 57.2 Å². The Kier molecular flexibility index (Phi) is 2.90. The second kappa shape index (κ2) is 4.43. The average Bonchev–Trinajstić information content (AvgIpc) is 3.09. The van der Waals surface area contributed by atoms with E-state index in [1.807, 2.05) is 17.9 Å². The summed E-state index contributed by atoms with van der Waals surface area (Å²) < 4.78 is 5.61. The molecule has 98 valence electrons. The molecule has 3 rings (SSSR count). The second-order valence-electron chi connectivity index (χ2n) is 5.50. The topological polar surface area (TPSA) is 59.5 Å². The highest BCUT2D eigenvalue weighted by Gasteiger charge is 2.43. The third-order valence-corrected chi connectivity index (χ3v) is 4.03. The third kappa shape index (κ3) is 1.94. The first-order chi connectivity index (χ1) is 8.68. The predicted molar refractivity (Wildman–Crippen MR) is 67.9 cm³/mol. The van der Waals surface area contributed by atoms with Crippen LogP contribution in [0.5, 0.6) is 0 Å². The van der Waals surface area contributed by atoms with E-state index >= 15 is 0 Å². The van der Waals surface area contributed by atoms with Crippen LogP contribution in [0.4, 0.5) is 0 Å². The molecule has 4 heteroatoms. The Bertz CT molecular complexity index is 450. The zero-order valence-electron chi connectivity index (χ0n) is 10.8. The first-order valence-corrected chi connectivity index (χ1v) is 6.79. The molecule has 2 heterocycles. The molecule has 1 saturated carbocycles. The molecule has 1 amide bonds. The molecule has 1 saturated heterocycles. The van der Waals surface area contributed by atoms with Crippen LogP contribution in [0.2, 0.25) is 0 Å². The first-order valence-electron chi connectivity index (χ1n) is 6.79. The van der Waals surface area contributed by atoms with Gasteiger partial charge in [-0.15, -0.1) is 0 Å². The van der Waals surface area contributed by atoms with Gasteiger partial charge in [-0.3, -0.25) is 4.79 Å². The molecule has 1 aliphatic heterocycles. The van der Waals surface area contributed by atoms with E-state index in [0.29, 0.717) is 12.5 Å². The van der Waals surface area contributed by atoms with Crippen molar-refractivity contribution >= 4 is 5.91 Å². The molecule has 1 aromatic heterocycles. The van der Waals surface area contributed by atoms with Crippen LogP contribution in [-0.4, -0.2) is 22.9 Å². The van der Waals surface area contributed by atoms with Crippen molar-refractivity contribution in [1.82, 2.24) is 4.90 Å². The van der Waals surface area contributed by atoms with Crippen LogP contribution in [0.25, 0.3) is 0 Å². The number of likely N-dealkylation sites (tertiary alicyclic amines) is 1. The van der Waals surface area contributed by atoms with Crippen LogP contribution in [0, 0.1) is 6.92 Å². The van der Waals surface area contributed by atoms with Crippen LogP contribution in [0.15, 0.2) is 16.7 Å². The van der Waals surface area contributed by atoms with Gasteiger partial charge < -0.3 is 15.1 Å². The van der Waals surface area contributed by atoms with Gasteiger partial charge in [0.2, 0.25) is 5.91 Å². The van der Waals surface area contributed by atoms with Crippen LogP contribution >= 0.6 is 0 Å². The van der Waals surface area contributed by atoms with E-state index in [2.05, 4.69) is 0 Å². The maximum Gasteiger partial charge on any atom is 0.223 e. The minimum Gasteiger partial charge on any atom is -0.467 e. The lowest BCUT2D eigenvalue weighted by atomic mass is 9.99. The van der Waals surface area contributed by atoms with E-state index in [9.17, 15) is 4.79 Å². The van der Waals surface area contributed by atoms with Gasteiger partial charge in [0, 0.05) is 18.5 Å². The summed E-state index contributed by atoms with van der Waals surface area (Å²) >= 11 is 0. The van der Waals surface area contributed by atoms with Gasteiger partial charge >= 0.3 is 0 Å². The molecule has 2 atom stereocenters. The normalized spacial score (nSPS) is 29.4. The van der Waals surface area contributed by atoms with Crippen LogP contribution in [0.3, 0.4) is 0 Å². The molecule has 2 fully saturated rings. The fourth-order valence-electron chi connectivity index (χ4n) is 2.93. The molecule has 4 nitrogen and oxygen atoms in total. The third-order valence-electron chi connectivity index (χ3n) is 4.03. The molecule has 0 radical (unpaired) electrons. The van der Waals surface area contributed by atoms with Crippen molar-refractivity contribution in [3.05, 3.63) is 23.7 Å². The number of carbonyl (C=O) groups excluding carboxylic acids is 1. The van der Waals surface area contributed by atoms with Crippen molar-refractivity contribution < 1.29 is 9.21 Å². The maximum atomic E-state index is 12.3. The van der Waals surface area contributed by atoms with Crippen LogP contribution in [-0.2, 0) is 4.79 Å². The highest BCUT2D eigenvalue weighted by Crippen LogP contribution is 2.40. The van der Waals surface area contributed by atoms with Gasteiger partial charge in [-0.1, -0.05) is 0 Å². The van der Waals surface area contributed by atoms with E-state index in [0.717, 1.165) is 37.0 Å². The summed E-state index contributed by atoms with van der Waals surface area (Å²) in [5.41, 5.74) is 7.40. The van der Waals surface area contributed by atoms with E-state index in [-0.39, 0.29) is 18.0 Å². The van der Waals surface area contributed by atoms with Crippen molar-refractivity contribution in [2.75, 3.05) is 0 Å². The van der Waals surface area contributed by atoms with E-state index in [4.69, 9.17) is 10.2 Å². The minimum absolute atomic E-state index is 0.0121.